The molecule has 1 aliphatic heterocycles. The summed E-state index contributed by atoms with van der Waals surface area (Å²) >= 11 is 0. The van der Waals surface area contributed by atoms with Gasteiger partial charge in [-0.25, -0.2) is 8.78 Å². The molecule has 5 heteroatoms. The van der Waals surface area contributed by atoms with Gasteiger partial charge in [0.25, 0.3) is 0 Å². The summed E-state index contributed by atoms with van der Waals surface area (Å²) in [5.41, 5.74) is 7.44. The number of fused-ring (bicyclic) bond motifs is 1. The molecule has 110 valence electrons. The van der Waals surface area contributed by atoms with Crippen LogP contribution < -0.4 is 15.2 Å². The van der Waals surface area contributed by atoms with Crippen molar-refractivity contribution in [2.75, 3.05) is 7.11 Å². The van der Waals surface area contributed by atoms with Crippen molar-refractivity contribution in [3.05, 3.63) is 59.2 Å². The summed E-state index contributed by atoms with van der Waals surface area (Å²) in [6, 6.07) is 8.51. The fourth-order valence-corrected chi connectivity index (χ4v) is 2.57. The molecule has 0 bridgehead atoms. The summed E-state index contributed by atoms with van der Waals surface area (Å²) in [7, 11) is 1.56. The van der Waals surface area contributed by atoms with Gasteiger partial charge in [-0.05, 0) is 23.8 Å². The van der Waals surface area contributed by atoms with E-state index in [1.807, 2.05) is 12.1 Å². The van der Waals surface area contributed by atoms with E-state index in [1.165, 1.54) is 12.1 Å². The fourth-order valence-electron chi connectivity index (χ4n) is 2.57. The van der Waals surface area contributed by atoms with Crippen LogP contribution in [0.4, 0.5) is 8.78 Å². The van der Waals surface area contributed by atoms with Crippen LogP contribution in [0.3, 0.4) is 0 Å². The fraction of sp³-hybridized carbons (Fsp3) is 0.250. The lowest BCUT2D eigenvalue weighted by molar-refractivity contribution is 0.160. The second-order valence-corrected chi connectivity index (χ2v) is 5.06. The number of hydrogen-bond donors (Lipinski definition) is 1. The average molecular weight is 291 g/mol. The normalized spacial score (nSPS) is 20.6. The third-order valence-corrected chi connectivity index (χ3v) is 3.61. The van der Waals surface area contributed by atoms with E-state index in [0.717, 1.165) is 11.6 Å². The highest BCUT2D eigenvalue weighted by molar-refractivity contribution is 5.44. The molecule has 21 heavy (non-hydrogen) atoms. The summed E-state index contributed by atoms with van der Waals surface area (Å²) in [5.74, 6) is -0.0213. The van der Waals surface area contributed by atoms with Gasteiger partial charge >= 0.3 is 0 Å². The van der Waals surface area contributed by atoms with Crippen molar-refractivity contribution in [2.24, 2.45) is 5.73 Å². The molecular weight excluding hydrogens is 276 g/mol. The van der Waals surface area contributed by atoms with E-state index in [4.69, 9.17) is 15.2 Å². The van der Waals surface area contributed by atoms with Gasteiger partial charge in [0.05, 0.1) is 7.11 Å². The van der Waals surface area contributed by atoms with Gasteiger partial charge < -0.3 is 15.2 Å². The lowest BCUT2D eigenvalue weighted by Crippen LogP contribution is -2.24. The lowest BCUT2D eigenvalue weighted by Gasteiger charge is -2.30. The quantitative estimate of drug-likeness (QED) is 0.921. The smallest absolute Gasteiger partial charge is 0.128 e. The van der Waals surface area contributed by atoms with Gasteiger partial charge in [0.2, 0.25) is 0 Å². The molecule has 0 aliphatic carbocycles. The van der Waals surface area contributed by atoms with Gasteiger partial charge in [0, 0.05) is 30.2 Å². The molecule has 0 amide bonds. The Morgan fingerprint density at radius 1 is 1.14 bits per heavy atom. The number of nitrogens with two attached hydrogens (primary N) is 1. The molecule has 0 spiro atoms. The molecular formula is C16H15F2NO2. The highest BCUT2D eigenvalue weighted by atomic mass is 19.1. The van der Waals surface area contributed by atoms with Crippen molar-refractivity contribution in [1.82, 2.24) is 0 Å². The third-order valence-electron chi connectivity index (χ3n) is 3.61. The van der Waals surface area contributed by atoms with Gasteiger partial charge in [0.1, 0.15) is 29.2 Å². The van der Waals surface area contributed by atoms with Crippen LogP contribution in [0.2, 0.25) is 0 Å². The molecule has 0 aromatic heterocycles. The van der Waals surface area contributed by atoms with Crippen LogP contribution >= 0.6 is 0 Å². The van der Waals surface area contributed by atoms with Crippen molar-refractivity contribution in [2.45, 2.75) is 18.6 Å². The van der Waals surface area contributed by atoms with Gasteiger partial charge in [0.15, 0.2) is 0 Å². The zero-order chi connectivity index (χ0) is 15.0. The van der Waals surface area contributed by atoms with Crippen LogP contribution in [0.5, 0.6) is 11.5 Å². The van der Waals surface area contributed by atoms with Crippen LogP contribution in [0.25, 0.3) is 0 Å². The second-order valence-electron chi connectivity index (χ2n) is 5.06. The van der Waals surface area contributed by atoms with Crippen LogP contribution in [-0.4, -0.2) is 7.11 Å². The molecule has 2 aromatic carbocycles. The van der Waals surface area contributed by atoms with Crippen LogP contribution in [0.1, 0.15) is 29.7 Å². The predicted molar refractivity (Wildman–Crippen MR) is 74.3 cm³/mol. The minimum Gasteiger partial charge on any atom is -0.497 e. The summed E-state index contributed by atoms with van der Waals surface area (Å²) < 4.78 is 37.7. The molecule has 0 fully saturated rings. The summed E-state index contributed by atoms with van der Waals surface area (Å²) in [6.07, 6.45) is -0.0211. The zero-order valence-corrected chi connectivity index (χ0v) is 11.5. The largest absolute Gasteiger partial charge is 0.497 e. The van der Waals surface area contributed by atoms with Gasteiger partial charge in [-0.15, -0.1) is 0 Å². The van der Waals surface area contributed by atoms with E-state index in [2.05, 4.69) is 0 Å². The molecule has 0 saturated heterocycles. The molecule has 3 nitrogen and oxygen atoms in total. The number of halogens is 2. The van der Waals surface area contributed by atoms with Crippen molar-refractivity contribution in [3.8, 4) is 11.5 Å². The van der Waals surface area contributed by atoms with E-state index in [9.17, 15) is 8.78 Å². The maximum absolute atomic E-state index is 13.3. The van der Waals surface area contributed by atoms with Crippen molar-refractivity contribution >= 4 is 0 Å². The molecule has 2 aromatic rings. The summed E-state index contributed by atoms with van der Waals surface area (Å²) in [4.78, 5) is 0. The highest BCUT2D eigenvalue weighted by Crippen LogP contribution is 2.41. The number of ether oxygens (including phenoxy) is 2. The highest BCUT2D eigenvalue weighted by Gasteiger charge is 2.28. The maximum Gasteiger partial charge on any atom is 0.128 e. The number of benzene rings is 2. The lowest BCUT2D eigenvalue weighted by atomic mass is 9.93. The molecule has 1 heterocycles. The van der Waals surface area contributed by atoms with Crippen LogP contribution in [0, 0.1) is 11.6 Å². The minimum absolute atomic E-state index is 0.254. The molecule has 2 N–H and O–H groups in total. The maximum atomic E-state index is 13.3. The second kappa shape index (κ2) is 5.33. The van der Waals surface area contributed by atoms with Gasteiger partial charge in [-0.3, -0.25) is 0 Å². The first-order valence-electron chi connectivity index (χ1n) is 6.63. The van der Waals surface area contributed by atoms with E-state index in [-0.39, 0.29) is 6.04 Å². The Bertz CT molecular complexity index is 655. The van der Waals surface area contributed by atoms with Crippen molar-refractivity contribution in [1.29, 1.82) is 0 Å². The first-order chi connectivity index (χ1) is 10.1. The van der Waals surface area contributed by atoms with Crippen molar-refractivity contribution in [3.63, 3.8) is 0 Å². The summed E-state index contributed by atoms with van der Waals surface area (Å²) in [6.45, 7) is 0. The molecule has 2 atom stereocenters. The van der Waals surface area contributed by atoms with Crippen LogP contribution in [-0.2, 0) is 0 Å². The molecule has 0 saturated carbocycles. The number of hydrogen-bond acceptors (Lipinski definition) is 3. The summed E-state index contributed by atoms with van der Waals surface area (Å²) in [5, 5.41) is 0. The first-order valence-corrected chi connectivity index (χ1v) is 6.63. The Hall–Kier alpha value is -2.14. The zero-order valence-electron chi connectivity index (χ0n) is 11.5. The van der Waals surface area contributed by atoms with E-state index in [1.54, 1.807) is 13.2 Å². The topological polar surface area (TPSA) is 44.5 Å². The third kappa shape index (κ3) is 2.69. The average Bonchev–Trinajstić information content (AvgIpc) is 2.45. The SMILES string of the molecule is COc1ccc2c(c1)OC(c1cc(F)cc(F)c1)C[C@H]2N. The standard InChI is InChI=1S/C16H15F2NO2/c1-20-12-2-3-13-14(19)8-15(21-16(13)7-12)9-4-10(17)6-11(18)5-9/h2-7,14-15H,8,19H2,1H3/t14-,15?/m1/s1. The van der Waals surface area contributed by atoms with Crippen LogP contribution in [0.15, 0.2) is 36.4 Å². The Morgan fingerprint density at radius 3 is 2.52 bits per heavy atom. The first kappa shape index (κ1) is 13.8. The molecule has 0 radical (unpaired) electrons. The van der Waals surface area contributed by atoms with E-state index < -0.39 is 17.7 Å². The van der Waals surface area contributed by atoms with Gasteiger partial charge in [-0.1, -0.05) is 6.07 Å². The van der Waals surface area contributed by atoms with E-state index >= 15 is 0 Å². The molecule has 1 unspecified atom stereocenters. The van der Waals surface area contributed by atoms with E-state index in [0.29, 0.717) is 23.5 Å². The Kier molecular flexibility index (Phi) is 3.51. The Balaban J connectivity index is 1.96. The number of methoxy groups -OCH3 is 1. The Labute approximate surface area is 121 Å². The van der Waals surface area contributed by atoms with Crippen molar-refractivity contribution < 1.29 is 18.3 Å². The monoisotopic (exact) mass is 291 g/mol. The predicted octanol–water partition coefficient (Wildman–Crippen LogP) is 3.50. The number of rotatable bonds is 2. The minimum atomic E-state index is -0.626. The van der Waals surface area contributed by atoms with Gasteiger partial charge in [-0.2, -0.15) is 0 Å². The molecule has 3 rings (SSSR count). The molecule has 1 aliphatic rings. The Morgan fingerprint density at radius 2 is 1.86 bits per heavy atom.